The molecule has 0 saturated carbocycles. The average molecular weight is 1230 g/mol. The molecule has 6 unspecified atom stereocenters. The first-order valence-electron chi connectivity index (χ1n) is 36.6. The quantitative estimate of drug-likeness (QED) is 0.0228. The van der Waals surface area contributed by atoms with Crippen LogP contribution in [0.1, 0.15) is 355 Å². The highest BCUT2D eigenvalue weighted by atomic mass is 16.7. The average Bonchev–Trinajstić information content (AvgIpc) is 2.56. The molecule has 0 amide bonds. The first kappa shape index (κ1) is 81.7. The lowest BCUT2D eigenvalue weighted by Crippen LogP contribution is -2.61. The van der Waals surface area contributed by atoms with Crippen molar-refractivity contribution in [2.75, 3.05) is 13.2 Å². The lowest BCUT2D eigenvalue weighted by molar-refractivity contribution is -0.301. The van der Waals surface area contributed by atoms with E-state index in [1.165, 1.54) is 193 Å². The first-order chi connectivity index (χ1) is 42.6. The molecule has 3 N–H and O–H groups in total. The predicted octanol–water partition coefficient (Wildman–Crippen LogP) is 20.5. The monoisotopic (exact) mass is 1230 g/mol. The van der Waals surface area contributed by atoms with Crippen LogP contribution in [-0.2, 0) is 42.9 Å². The van der Waals surface area contributed by atoms with E-state index in [4.69, 9.17) is 23.7 Å². The molecule has 0 radical (unpaired) electrons. The van der Waals surface area contributed by atoms with Crippen LogP contribution in [0.4, 0.5) is 0 Å². The maximum absolute atomic E-state index is 13.3. The minimum atomic E-state index is -1.90. The zero-order chi connectivity index (χ0) is 63.1. The zero-order valence-corrected chi connectivity index (χ0v) is 56.3. The maximum atomic E-state index is 13.3. The molecular weight excluding hydrogens is 1090 g/mol. The van der Waals surface area contributed by atoms with Gasteiger partial charge in [-0.05, 0) is 57.8 Å². The number of carbonyl (C=O) groups excluding carboxylic acids is 3. The first-order valence-corrected chi connectivity index (χ1v) is 36.6. The second kappa shape index (κ2) is 62.9. The van der Waals surface area contributed by atoms with Gasteiger partial charge in [0, 0.05) is 19.3 Å². The molecule has 1 saturated heterocycles. The number of unbranched alkanes of at least 4 members (excludes halogenated alkanes) is 42. The number of aliphatic hydroxyl groups excluding tert-OH is 2. The van der Waals surface area contributed by atoms with Gasteiger partial charge in [-0.2, -0.15) is 0 Å². The van der Waals surface area contributed by atoms with Crippen LogP contribution < -0.4 is 0 Å². The predicted molar refractivity (Wildman–Crippen MR) is 359 cm³/mol. The number of hydrogen-bond acceptors (Lipinski definition) is 11. The summed E-state index contributed by atoms with van der Waals surface area (Å²) in [5.74, 6) is -3.09. The summed E-state index contributed by atoms with van der Waals surface area (Å²) in [5, 5.41) is 31.7. The Kier molecular flexibility index (Phi) is 59.0. The highest BCUT2D eigenvalue weighted by Crippen LogP contribution is 2.27. The second-order valence-electron chi connectivity index (χ2n) is 25.2. The molecule has 12 heteroatoms. The van der Waals surface area contributed by atoms with E-state index in [2.05, 4.69) is 69.4 Å². The van der Waals surface area contributed by atoms with Crippen molar-refractivity contribution in [3.05, 3.63) is 48.6 Å². The molecule has 6 atom stereocenters. The zero-order valence-electron chi connectivity index (χ0n) is 56.3. The summed E-state index contributed by atoms with van der Waals surface area (Å²) in [6, 6.07) is 0. The minimum Gasteiger partial charge on any atom is -0.479 e. The van der Waals surface area contributed by atoms with Gasteiger partial charge < -0.3 is 39.0 Å². The number of aliphatic hydroxyl groups is 2. The number of hydrogen-bond donors (Lipinski definition) is 3. The molecule has 0 aromatic heterocycles. The third-order valence-corrected chi connectivity index (χ3v) is 16.9. The summed E-state index contributed by atoms with van der Waals surface area (Å²) in [4.78, 5) is 51.6. The number of rotatable bonds is 64. The minimum absolute atomic E-state index is 0.0651. The molecule has 0 spiro atoms. The van der Waals surface area contributed by atoms with Crippen LogP contribution in [-0.4, -0.2) is 89.2 Å². The van der Waals surface area contributed by atoms with Crippen LogP contribution in [0.5, 0.6) is 0 Å². The number of allylic oxidation sites excluding steroid dienone is 8. The Morgan fingerprint density at radius 1 is 0.391 bits per heavy atom. The summed E-state index contributed by atoms with van der Waals surface area (Å²) >= 11 is 0. The third kappa shape index (κ3) is 52.1. The molecule has 87 heavy (non-hydrogen) atoms. The van der Waals surface area contributed by atoms with Crippen LogP contribution in [0.15, 0.2) is 48.6 Å². The van der Waals surface area contributed by atoms with Crippen LogP contribution in [0.3, 0.4) is 0 Å². The Balaban J connectivity index is 2.61. The van der Waals surface area contributed by atoms with Crippen LogP contribution in [0, 0.1) is 0 Å². The van der Waals surface area contributed by atoms with Crippen LogP contribution in [0.25, 0.3) is 0 Å². The van der Waals surface area contributed by atoms with E-state index in [0.29, 0.717) is 19.3 Å². The van der Waals surface area contributed by atoms with Crippen molar-refractivity contribution in [1.82, 2.24) is 0 Å². The maximum Gasteiger partial charge on any atom is 0.335 e. The topological polar surface area (TPSA) is 175 Å². The van der Waals surface area contributed by atoms with Gasteiger partial charge in [0.25, 0.3) is 0 Å². The van der Waals surface area contributed by atoms with E-state index >= 15 is 0 Å². The Bertz CT molecular complexity index is 1690. The van der Waals surface area contributed by atoms with E-state index in [-0.39, 0.29) is 25.9 Å². The molecule has 1 aliphatic heterocycles. The van der Waals surface area contributed by atoms with Crippen molar-refractivity contribution >= 4 is 23.9 Å². The summed E-state index contributed by atoms with van der Waals surface area (Å²) < 4.78 is 28.7. The van der Waals surface area contributed by atoms with Gasteiger partial charge in [0.1, 0.15) is 18.8 Å². The van der Waals surface area contributed by atoms with Crippen molar-refractivity contribution in [3.8, 4) is 0 Å². The number of carboxylic acids is 1. The Hall–Kier alpha value is -3.32. The SMILES string of the molecule is CC/C=C\C/C=C\C/C=C\C/C=C\CCCCCCCCC(=O)OCC(COC1OC(C(=O)O)C(O)C(O)C1OC(=O)CCCCCCCCCCCCCCCCCCCCC)OC(=O)CCCCCCCCCCCCCCCCCCCCC. The van der Waals surface area contributed by atoms with E-state index in [1.54, 1.807) is 0 Å². The lowest BCUT2D eigenvalue weighted by atomic mass is 9.98. The standard InChI is InChI=1S/C75H134O12/c1-4-7-10-13-16-19-22-25-28-31-34-37-40-43-46-49-52-55-58-61-67(76)83-64-66(85-68(77)62-59-56-53-50-47-44-41-38-35-32-29-26-23-20-17-14-11-8-5-2)65-84-75-73(71(80)70(79)72(87-75)74(81)82)86-69(78)63-60-57-54-51-48-45-42-39-36-33-30-27-24-21-18-15-12-9-6-3/h7,10,16,19,25,28,34,37,66,70-73,75,79-80H,4-6,8-9,11-15,17-18,20-24,26-27,29-33,35-36,38-65H2,1-3H3,(H,81,82)/b10-7-,19-16-,28-25-,37-34-. The van der Waals surface area contributed by atoms with Gasteiger partial charge in [-0.15, -0.1) is 0 Å². The lowest BCUT2D eigenvalue weighted by Gasteiger charge is -2.40. The van der Waals surface area contributed by atoms with E-state index in [1.807, 2.05) is 0 Å². The normalized spacial score (nSPS) is 17.6. The molecular formula is C75H134O12. The fourth-order valence-corrected chi connectivity index (χ4v) is 11.4. The van der Waals surface area contributed by atoms with Gasteiger partial charge in [0.05, 0.1) is 6.61 Å². The van der Waals surface area contributed by atoms with Gasteiger partial charge >= 0.3 is 23.9 Å². The fourth-order valence-electron chi connectivity index (χ4n) is 11.4. The van der Waals surface area contributed by atoms with Gasteiger partial charge in [-0.3, -0.25) is 14.4 Å². The number of esters is 3. The summed E-state index contributed by atoms with van der Waals surface area (Å²) in [6.07, 6.45) is 66.3. The Morgan fingerprint density at radius 3 is 1.10 bits per heavy atom. The summed E-state index contributed by atoms with van der Waals surface area (Å²) in [7, 11) is 0. The highest BCUT2D eigenvalue weighted by molar-refractivity contribution is 5.74. The molecule has 0 aliphatic carbocycles. The van der Waals surface area contributed by atoms with Crippen molar-refractivity contribution in [2.24, 2.45) is 0 Å². The van der Waals surface area contributed by atoms with Gasteiger partial charge in [-0.1, -0.05) is 326 Å². The molecule has 0 aromatic rings. The number of carbonyl (C=O) groups is 4. The molecule has 1 aliphatic rings. The van der Waals surface area contributed by atoms with Crippen molar-refractivity contribution < 1.29 is 58.2 Å². The molecule has 1 rings (SSSR count). The van der Waals surface area contributed by atoms with E-state index < -0.39 is 67.3 Å². The summed E-state index contributed by atoms with van der Waals surface area (Å²) in [6.45, 7) is 5.96. The Labute approximate surface area is 533 Å². The molecule has 506 valence electrons. The van der Waals surface area contributed by atoms with Crippen LogP contribution >= 0.6 is 0 Å². The largest absolute Gasteiger partial charge is 0.479 e. The smallest absolute Gasteiger partial charge is 0.335 e. The number of carboxylic acid groups (broad SMARTS) is 1. The van der Waals surface area contributed by atoms with E-state index in [0.717, 1.165) is 103 Å². The highest BCUT2D eigenvalue weighted by Gasteiger charge is 2.50. The molecule has 12 nitrogen and oxygen atoms in total. The molecule has 1 fully saturated rings. The van der Waals surface area contributed by atoms with Crippen molar-refractivity contribution in [3.63, 3.8) is 0 Å². The summed E-state index contributed by atoms with van der Waals surface area (Å²) in [5.41, 5.74) is 0. The van der Waals surface area contributed by atoms with Gasteiger partial charge in [0.15, 0.2) is 24.6 Å². The molecule has 1 heterocycles. The number of aliphatic carboxylic acids is 1. The van der Waals surface area contributed by atoms with Gasteiger partial charge in [0.2, 0.25) is 0 Å². The van der Waals surface area contributed by atoms with Gasteiger partial charge in [-0.25, -0.2) is 4.79 Å². The van der Waals surface area contributed by atoms with Crippen molar-refractivity contribution in [1.29, 1.82) is 0 Å². The van der Waals surface area contributed by atoms with Crippen molar-refractivity contribution in [2.45, 2.75) is 391 Å². The van der Waals surface area contributed by atoms with Crippen LogP contribution in [0.2, 0.25) is 0 Å². The second-order valence-corrected chi connectivity index (χ2v) is 25.2. The third-order valence-electron chi connectivity index (χ3n) is 16.9. The molecule has 0 bridgehead atoms. The fraction of sp³-hybridized carbons (Fsp3) is 0.840. The number of ether oxygens (including phenoxy) is 5. The van der Waals surface area contributed by atoms with E-state index in [9.17, 15) is 34.5 Å². The Morgan fingerprint density at radius 2 is 0.724 bits per heavy atom. The molecule has 0 aromatic carbocycles.